The third kappa shape index (κ3) is 5.08. The standard InChI is InChI=1S/C20H15Cl2N5O2/c21-12-5-11(9-23)6-14(7-12)29-18-8-13(1-3-16(18)22)28-10-17(24)15-2-4-19(25)27-20(15)26/h1-8,24H,10H2,(H4,25,26,27). The van der Waals surface area contributed by atoms with E-state index in [0.29, 0.717) is 38.4 Å². The molecule has 0 radical (unpaired) electrons. The second kappa shape index (κ2) is 8.69. The molecule has 2 aromatic carbocycles. The zero-order valence-electron chi connectivity index (χ0n) is 14.9. The smallest absolute Gasteiger partial charge is 0.149 e. The Balaban J connectivity index is 1.74. The van der Waals surface area contributed by atoms with Gasteiger partial charge in [-0.25, -0.2) is 4.98 Å². The quantitative estimate of drug-likeness (QED) is 0.489. The van der Waals surface area contributed by atoms with Gasteiger partial charge >= 0.3 is 0 Å². The van der Waals surface area contributed by atoms with Crippen LogP contribution in [0.1, 0.15) is 11.1 Å². The summed E-state index contributed by atoms with van der Waals surface area (Å²) in [5.41, 5.74) is 12.3. The van der Waals surface area contributed by atoms with Crippen LogP contribution >= 0.6 is 23.2 Å². The summed E-state index contributed by atoms with van der Waals surface area (Å²) in [6.07, 6.45) is 0. The van der Waals surface area contributed by atoms with Crippen LogP contribution in [-0.4, -0.2) is 17.3 Å². The number of aromatic nitrogens is 1. The minimum absolute atomic E-state index is 0.0490. The average Bonchev–Trinajstić information content (AvgIpc) is 2.67. The van der Waals surface area contributed by atoms with Crippen LogP contribution in [0.15, 0.2) is 48.5 Å². The van der Waals surface area contributed by atoms with Crippen molar-refractivity contribution < 1.29 is 9.47 Å². The normalized spacial score (nSPS) is 10.2. The molecule has 0 fully saturated rings. The van der Waals surface area contributed by atoms with Gasteiger partial charge in [0, 0.05) is 16.7 Å². The van der Waals surface area contributed by atoms with Crippen molar-refractivity contribution in [1.29, 1.82) is 10.7 Å². The molecule has 1 aromatic heterocycles. The molecule has 0 amide bonds. The van der Waals surface area contributed by atoms with Crippen LogP contribution in [-0.2, 0) is 0 Å². The fraction of sp³-hybridized carbons (Fsp3) is 0.0500. The summed E-state index contributed by atoms with van der Waals surface area (Å²) in [4.78, 5) is 3.93. The fourth-order valence-corrected chi connectivity index (χ4v) is 2.83. The van der Waals surface area contributed by atoms with E-state index in [1.807, 2.05) is 6.07 Å². The molecule has 0 bridgehead atoms. The molecule has 3 aromatic rings. The lowest BCUT2D eigenvalue weighted by Crippen LogP contribution is -2.14. The van der Waals surface area contributed by atoms with Crippen LogP contribution in [0.2, 0.25) is 10.0 Å². The number of hydrogen-bond acceptors (Lipinski definition) is 7. The van der Waals surface area contributed by atoms with Crippen molar-refractivity contribution in [1.82, 2.24) is 4.98 Å². The lowest BCUT2D eigenvalue weighted by Gasteiger charge is -2.12. The van der Waals surface area contributed by atoms with Crippen molar-refractivity contribution in [2.75, 3.05) is 18.1 Å². The van der Waals surface area contributed by atoms with Crippen molar-refractivity contribution in [3.05, 3.63) is 69.7 Å². The SMILES string of the molecule is N#Cc1cc(Cl)cc(Oc2cc(OCC(=N)c3ccc(N)nc3N)ccc2Cl)c1. The van der Waals surface area contributed by atoms with Gasteiger partial charge in [0.25, 0.3) is 0 Å². The van der Waals surface area contributed by atoms with Gasteiger partial charge in [-0.05, 0) is 42.5 Å². The summed E-state index contributed by atoms with van der Waals surface area (Å²) < 4.78 is 11.4. The van der Waals surface area contributed by atoms with Crippen molar-refractivity contribution in [2.45, 2.75) is 0 Å². The zero-order chi connectivity index (χ0) is 21.0. The molecule has 0 saturated carbocycles. The Hall–Kier alpha value is -3.47. The number of pyridine rings is 1. The van der Waals surface area contributed by atoms with Crippen molar-refractivity contribution in [3.8, 4) is 23.3 Å². The van der Waals surface area contributed by atoms with Crippen LogP contribution in [0.25, 0.3) is 0 Å². The Morgan fingerprint density at radius 1 is 1.07 bits per heavy atom. The highest BCUT2D eigenvalue weighted by Gasteiger charge is 2.11. The number of nitrogen functional groups attached to an aromatic ring is 2. The van der Waals surface area contributed by atoms with Gasteiger partial charge in [0.1, 0.15) is 35.5 Å². The van der Waals surface area contributed by atoms with Gasteiger partial charge in [-0.2, -0.15) is 5.26 Å². The number of anilines is 2. The molecular weight excluding hydrogens is 413 g/mol. The van der Waals surface area contributed by atoms with Gasteiger partial charge in [-0.1, -0.05) is 23.2 Å². The zero-order valence-corrected chi connectivity index (χ0v) is 16.5. The van der Waals surface area contributed by atoms with Crippen LogP contribution in [0, 0.1) is 16.7 Å². The Bertz CT molecular complexity index is 1130. The number of halogens is 2. The van der Waals surface area contributed by atoms with Crippen molar-refractivity contribution in [2.24, 2.45) is 0 Å². The molecule has 5 N–H and O–H groups in total. The Morgan fingerprint density at radius 3 is 2.59 bits per heavy atom. The number of nitrogens with two attached hydrogens (primary N) is 2. The highest BCUT2D eigenvalue weighted by Crippen LogP contribution is 2.34. The highest BCUT2D eigenvalue weighted by molar-refractivity contribution is 6.32. The number of nitrogens with zero attached hydrogens (tertiary/aromatic N) is 2. The van der Waals surface area contributed by atoms with E-state index in [0.717, 1.165) is 0 Å². The molecule has 9 heteroatoms. The maximum atomic E-state index is 9.05. The summed E-state index contributed by atoms with van der Waals surface area (Å²) in [6.45, 7) is -0.0490. The van der Waals surface area contributed by atoms with Gasteiger partial charge in [-0.3, -0.25) is 0 Å². The topological polar surface area (TPSA) is 131 Å². The molecule has 146 valence electrons. The average molecular weight is 428 g/mol. The second-order valence-corrected chi connectivity index (χ2v) is 6.76. The number of benzene rings is 2. The van der Waals surface area contributed by atoms with Crippen LogP contribution in [0.3, 0.4) is 0 Å². The molecule has 1 heterocycles. The predicted molar refractivity (Wildman–Crippen MR) is 113 cm³/mol. The van der Waals surface area contributed by atoms with E-state index in [9.17, 15) is 0 Å². The molecule has 0 spiro atoms. The Morgan fingerprint density at radius 2 is 1.86 bits per heavy atom. The molecule has 0 aliphatic rings. The monoisotopic (exact) mass is 427 g/mol. The first-order valence-electron chi connectivity index (χ1n) is 8.26. The number of nitriles is 1. The third-order valence-electron chi connectivity index (χ3n) is 3.79. The minimum Gasteiger partial charge on any atom is -0.487 e. The molecule has 3 rings (SSSR count). The van der Waals surface area contributed by atoms with Crippen LogP contribution in [0.4, 0.5) is 11.6 Å². The number of nitrogens with one attached hydrogen (secondary N) is 1. The molecule has 0 unspecified atom stereocenters. The van der Waals surface area contributed by atoms with Gasteiger partial charge in [-0.15, -0.1) is 0 Å². The first-order valence-corrected chi connectivity index (χ1v) is 9.02. The number of ether oxygens (including phenoxy) is 2. The summed E-state index contributed by atoms with van der Waals surface area (Å²) in [5, 5.41) is 17.9. The van der Waals surface area contributed by atoms with Gasteiger partial charge in [0.15, 0.2) is 0 Å². The molecule has 0 aliphatic heterocycles. The van der Waals surface area contributed by atoms with E-state index in [1.54, 1.807) is 42.5 Å². The minimum atomic E-state index is -0.0490. The van der Waals surface area contributed by atoms with Crippen LogP contribution in [0.5, 0.6) is 17.2 Å². The Labute approximate surface area is 176 Å². The van der Waals surface area contributed by atoms with E-state index in [1.165, 1.54) is 6.07 Å². The molecule has 0 aliphatic carbocycles. The summed E-state index contributed by atoms with van der Waals surface area (Å²) in [7, 11) is 0. The number of rotatable bonds is 6. The lowest BCUT2D eigenvalue weighted by atomic mass is 10.1. The largest absolute Gasteiger partial charge is 0.487 e. The number of hydrogen-bond donors (Lipinski definition) is 3. The maximum Gasteiger partial charge on any atom is 0.149 e. The van der Waals surface area contributed by atoms with E-state index < -0.39 is 0 Å². The van der Waals surface area contributed by atoms with Crippen molar-refractivity contribution in [3.63, 3.8) is 0 Å². The van der Waals surface area contributed by atoms with E-state index in [2.05, 4.69) is 4.98 Å². The first kappa shape index (κ1) is 20.3. The molecular formula is C20H15Cl2N5O2. The van der Waals surface area contributed by atoms with Crippen molar-refractivity contribution >= 4 is 40.5 Å². The molecule has 7 nitrogen and oxygen atoms in total. The molecule has 0 atom stereocenters. The first-order chi connectivity index (χ1) is 13.9. The molecule has 0 saturated heterocycles. The maximum absolute atomic E-state index is 9.05. The lowest BCUT2D eigenvalue weighted by molar-refractivity contribution is 0.373. The van der Waals surface area contributed by atoms with Gasteiger partial charge in [0.05, 0.1) is 22.4 Å². The van der Waals surface area contributed by atoms with E-state index >= 15 is 0 Å². The van der Waals surface area contributed by atoms with E-state index in [-0.39, 0.29) is 24.0 Å². The predicted octanol–water partition coefficient (Wildman–Crippen LogP) is 4.66. The van der Waals surface area contributed by atoms with Crippen LogP contribution < -0.4 is 20.9 Å². The summed E-state index contributed by atoms with van der Waals surface area (Å²) >= 11 is 12.2. The highest BCUT2D eigenvalue weighted by atomic mass is 35.5. The summed E-state index contributed by atoms with van der Waals surface area (Å²) in [5.74, 6) is 1.55. The van der Waals surface area contributed by atoms with Gasteiger partial charge in [0.2, 0.25) is 0 Å². The fourth-order valence-electron chi connectivity index (χ4n) is 2.44. The Kier molecular flexibility index (Phi) is 6.07. The second-order valence-electron chi connectivity index (χ2n) is 5.92. The van der Waals surface area contributed by atoms with Gasteiger partial charge < -0.3 is 26.4 Å². The third-order valence-corrected chi connectivity index (χ3v) is 4.32. The summed E-state index contributed by atoms with van der Waals surface area (Å²) in [6, 6.07) is 14.7. The van der Waals surface area contributed by atoms with E-state index in [4.69, 9.17) is 54.8 Å². The molecule has 29 heavy (non-hydrogen) atoms.